The number of amides is 1. The molecule has 0 aromatic heterocycles. The predicted molar refractivity (Wildman–Crippen MR) is 130 cm³/mol. The van der Waals surface area contributed by atoms with Gasteiger partial charge in [-0.05, 0) is 45.5 Å². The first-order valence-electron chi connectivity index (χ1n) is 11.6. The second kappa shape index (κ2) is 12.3. The Morgan fingerprint density at radius 2 is 1.97 bits per heavy atom. The van der Waals surface area contributed by atoms with E-state index in [9.17, 15) is 30.0 Å². The highest BCUT2D eigenvalue weighted by molar-refractivity contribution is 7.99. The van der Waals surface area contributed by atoms with Gasteiger partial charge >= 0.3 is 5.97 Å². The van der Waals surface area contributed by atoms with E-state index in [-0.39, 0.29) is 29.9 Å². The number of nitrogens with one attached hydrogen (secondary N) is 1. The van der Waals surface area contributed by atoms with Gasteiger partial charge in [-0.15, -0.1) is 11.8 Å². The summed E-state index contributed by atoms with van der Waals surface area (Å²) in [6.45, 7) is 2.22. The molecule has 0 unspecified atom stereocenters. The van der Waals surface area contributed by atoms with Crippen LogP contribution in [0.2, 0.25) is 0 Å². The number of benzene rings is 1. The van der Waals surface area contributed by atoms with Crippen LogP contribution >= 0.6 is 11.8 Å². The molecule has 1 aromatic rings. The minimum Gasteiger partial charge on any atom is -0.461 e. The second-order valence-electron chi connectivity index (χ2n) is 8.95. The Bertz CT molecular complexity index is 875. The van der Waals surface area contributed by atoms with Crippen molar-refractivity contribution < 1.29 is 39.5 Å². The number of carbonyl (C=O) groups excluding carboxylic acids is 2. The van der Waals surface area contributed by atoms with Crippen LogP contribution in [0, 0.1) is 0 Å². The number of likely N-dealkylation sites (tertiary alicyclic amines) is 1. The number of hydrogen-bond donors (Lipinski definition) is 6. The number of ether oxygens (including phenoxy) is 2. The number of anilines is 1. The van der Waals surface area contributed by atoms with Crippen LogP contribution in [0.5, 0.6) is 0 Å². The van der Waals surface area contributed by atoms with Crippen molar-refractivity contribution in [2.24, 2.45) is 0 Å². The monoisotopic (exact) mass is 513 g/mol. The lowest BCUT2D eigenvalue weighted by Crippen LogP contribution is -2.65. The smallest absolute Gasteiger partial charge is 0.340 e. The van der Waals surface area contributed by atoms with Gasteiger partial charge in [0, 0.05) is 11.4 Å². The number of likely N-dealkylation sites (N-methyl/N-ethyl adjacent to an activating group) is 1. The van der Waals surface area contributed by atoms with E-state index in [1.165, 1.54) is 6.92 Å². The lowest BCUT2D eigenvalue weighted by Gasteiger charge is -2.44. The molecule has 1 aromatic carbocycles. The molecule has 3 rings (SSSR count). The van der Waals surface area contributed by atoms with Gasteiger partial charge in [0.15, 0.2) is 0 Å². The fourth-order valence-corrected chi connectivity index (χ4v) is 5.32. The number of hydrogen-bond acceptors (Lipinski definition) is 11. The molecule has 0 saturated carbocycles. The first-order chi connectivity index (χ1) is 16.6. The molecule has 35 heavy (non-hydrogen) atoms. The SMILES string of the molecule is C[C@H](O)[C@@H](NC(=O)[C@H]1CCCN1C)[C@H]1O[C@H](SCCOC(=O)c2ccccc2N)[C@@H](O)[C@@H](O)[C@H]1O. The quantitative estimate of drug-likeness (QED) is 0.135. The Labute approximate surface area is 208 Å². The van der Waals surface area contributed by atoms with Crippen LogP contribution < -0.4 is 11.1 Å². The zero-order valence-corrected chi connectivity index (χ0v) is 20.6. The minimum atomic E-state index is -1.56. The summed E-state index contributed by atoms with van der Waals surface area (Å²) in [5, 5.41) is 44.5. The van der Waals surface area contributed by atoms with Crippen molar-refractivity contribution in [2.45, 2.75) is 67.8 Å². The number of aliphatic hydroxyl groups is 4. The zero-order chi connectivity index (χ0) is 25.7. The molecule has 196 valence electrons. The molecule has 11 nitrogen and oxygen atoms in total. The molecule has 2 heterocycles. The number of para-hydroxylation sites is 1. The van der Waals surface area contributed by atoms with Crippen LogP contribution in [0.1, 0.15) is 30.1 Å². The molecule has 1 amide bonds. The lowest BCUT2D eigenvalue weighted by atomic mass is 9.92. The molecule has 12 heteroatoms. The van der Waals surface area contributed by atoms with E-state index >= 15 is 0 Å². The highest BCUT2D eigenvalue weighted by Gasteiger charge is 2.48. The van der Waals surface area contributed by atoms with Crippen LogP contribution in [0.4, 0.5) is 5.69 Å². The molecule has 8 atom stereocenters. The number of thioether (sulfide) groups is 1. The van der Waals surface area contributed by atoms with Crippen molar-refractivity contribution in [3.05, 3.63) is 29.8 Å². The lowest BCUT2D eigenvalue weighted by molar-refractivity contribution is -0.211. The summed E-state index contributed by atoms with van der Waals surface area (Å²) < 4.78 is 11.1. The van der Waals surface area contributed by atoms with Gasteiger partial charge in [-0.1, -0.05) is 12.1 Å². The van der Waals surface area contributed by atoms with E-state index in [1.807, 2.05) is 11.9 Å². The van der Waals surface area contributed by atoms with E-state index in [0.29, 0.717) is 12.1 Å². The van der Waals surface area contributed by atoms with E-state index in [2.05, 4.69) is 5.32 Å². The number of nitrogen functional groups attached to an aromatic ring is 1. The van der Waals surface area contributed by atoms with Crippen LogP contribution in [-0.2, 0) is 14.3 Å². The fourth-order valence-electron chi connectivity index (χ4n) is 4.35. The molecule has 2 aliphatic heterocycles. The average Bonchev–Trinajstić information content (AvgIpc) is 3.26. The molecule has 0 aliphatic carbocycles. The van der Waals surface area contributed by atoms with E-state index in [4.69, 9.17) is 15.2 Å². The standard InChI is InChI=1S/C23H35N3O8S/c1-12(27)16(25-21(31)15-8-5-9-26(15)2)20-18(29)17(28)19(30)23(34-20)35-11-10-33-22(32)13-6-3-4-7-14(13)24/h3-4,6-7,12,15-20,23,27-30H,5,8-11,24H2,1-2H3,(H,25,31)/t12-,15+,16+,17-,18+,19-,20+,23+/m0/s1. The third-order valence-corrected chi connectivity index (χ3v) is 7.51. The minimum absolute atomic E-state index is 0.0156. The summed E-state index contributed by atoms with van der Waals surface area (Å²) in [7, 11) is 1.84. The van der Waals surface area contributed by atoms with Gasteiger partial charge < -0.3 is 41.0 Å². The molecular formula is C23H35N3O8S. The summed E-state index contributed by atoms with van der Waals surface area (Å²) in [5.41, 5.74) is 5.32. The van der Waals surface area contributed by atoms with Gasteiger partial charge in [0.2, 0.25) is 5.91 Å². The van der Waals surface area contributed by atoms with Crippen molar-refractivity contribution >= 4 is 29.3 Å². The van der Waals surface area contributed by atoms with Gasteiger partial charge in [-0.2, -0.15) is 0 Å². The van der Waals surface area contributed by atoms with Crippen LogP contribution in [0.25, 0.3) is 0 Å². The van der Waals surface area contributed by atoms with Crippen LogP contribution in [-0.4, -0.2) is 111 Å². The average molecular weight is 514 g/mol. The van der Waals surface area contributed by atoms with Crippen molar-refractivity contribution in [2.75, 3.05) is 31.7 Å². The highest BCUT2D eigenvalue weighted by Crippen LogP contribution is 2.31. The first-order valence-corrected chi connectivity index (χ1v) is 12.7. The third-order valence-electron chi connectivity index (χ3n) is 6.39. The molecule has 0 bridgehead atoms. The number of esters is 1. The van der Waals surface area contributed by atoms with Crippen molar-refractivity contribution in [3.63, 3.8) is 0 Å². The largest absolute Gasteiger partial charge is 0.461 e. The fraction of sp³-hybridized carbons (Fsp3) is 0.652. The molecular weight excluding hydrogens is 478 g/mol. The van der Waals surface area contributed by atoms with Crippen LogP contribution in [0.3, 0.4) is 0 Å². The molecule has 2 aliphatic rings. The number of nitrogens with two attached hydrogens (primary N) is 1. The maximum absolute atomic E-state index is 12.8. The third kappa shape index (κ3) is 6.64. The maximum Gasteiger partial charge on any atom is 0.340 e. The van der Waals surface area contributed by atoms with Gasteiger partial charge in [0.1, 0.15) is 36.5 Å². The predicted octanol–water partition coefficient (Wildman–Crippen LogP) is -1.07. The van der Waals surface area contributed by atoms with Gasteiger partial charge in [0.05, 0.1) is 23.8 Å². The maximum atomic E-state index is 12.8. The molecule has 7 N–H and O–H groups in total. The van der Waals surface area contributed by atoms with Gasteiger partial charge in [-0.25, -0.2) is 4.79 Å². The topological polar surface area (TPSA) is 175 Å². The molecule has 2 fully saturated rings. The first kappa shape index (κ1) is 27.7. The van der Waals surface area contributed by atoms with Crippen LogP contribution in [0.15, 0.2) is 24.3 Å². The Balaban J connectivity index is 1.59. The van der Waals surface area contributed by atoms with Crippen molar-refractivity contribution in [1.29, 1.82) is 0 Å². The zero-order valence-electron chi connectivity index (χ0n) is 19.8. The summed E-state index contributed by atoms with van der Waals surface area (Å²) in [5.74, 6) is -0.673. The number of aliphatic hydroxyl groups excluding tert-OH is 4. The van der Waals surface area contributed by atoms with E-state index in [0.717, 1.165) is 24.7 Å². The Morgan fingerprint density at radius 3 is 2.60 bits per heavy atom. The van der Waals surface area contributed by atoms with Gasteiger partial charge in [0.25, 0.3) is 0 Å². The summed E-state index contributed by atoms with van der Waals surface area (Å²) in [6, 6.07) is 5.14. The number of carbonyl (C=O) groups is 2. The van der Waals surface area contributed by atoms with Crippen molar-refractivity contribution in [1.82, 2.24) is 10.2 Å². The Kier molecular flexibility index (Phi) is 9.76. The number of nitrogens with zero attached hydrogens (tertiary/aromatic N) is 1. The van der Waals surface area contributed by atoms with Gasteiger partial charge in [-0.3, -0.25) is 9.69 Å². The summed E-state index contributed by atoms with van der Waals surface area (Å²) in [4.78, 5) is 26.9. The molecule has 0 spiro atoms. The second-order valence-corrected chi connectivity index (χ2v) is 10.2. The molecule has 0 radical (unpaired) electrons. The Morgan fingerprint density at radius 1 is 1.26 bits per heavy atom. The van der Waals surface area contributed by atoms with E-state index in [1.54, 1.807) is 24.3 Å². The summed E-state index contributed by atoms with van der Waals surface area (Å²) >= 11 is 1.08. The van der Waals surface area contributed by atoms with E-state index < -0.39 is 48.0 Å². The molecule has 2 saturated heterocycles. The van der Waals surface area contributed by atoms with Crippen molar-refractivity contribution in [3.8, 4) is 0 Å². The summed E-state index contributed by atoms with van der Waals surface area (Å²) in [6.07, 6.45) is -5.26. The number of rotatable bonds is 9. The highest BCUT2D eigenvalue weighted by atomic mass is 32.2. The normalized spacial score (nSPS) is 31.0. The Hall–Kier alpha value is -1.93.